The number of benzene rings is 2. The van der Waals surface area contributed by atoms with Gasteiger partial charge in [-0.1, -0.05) is 12.1 Å². The van der Waals surface area contributed by atoms with Crippen LogP contribution in [0.1, 0.15) is 21.5 Å². The molecule has 22 heavy (non-hydrogen) atoms. The number of carbonyl (C=O) groups is 1. The lowest BCUT2D eigenvalue weighted by molar-refractivity contribution is 0.0733. The molecule has 0 heterocycles. The Balaban J connectivity index is 2.02. The predicted octanol–water partition coefficient (Wildman–Crippen LogP) is 3.55. The van der Waals surface area contributed by atoms with Crippen molar-refractivity contribution in [3.63, 3.8) is 0 Å². The Morgan fingerprint density at radius 2 is 1.73 bits per heavy atom. The molecule has 0 saturated heterocycles. The van der Waals surface area contributed by atoms with Gasteiger partial charge in [0.25, 0.3) is 0 Å². The lowest BCUT2D eigenvalue weighted by Gasteiger charge is -2.10. The minimum absolute atomic E-state index is 0.378. The smallest absolute Gasteiger partial charge is 0.343 e. The summed E-state index contributed by atoms with van der Waals surface area (Å²) in [5.74, 6) is 0.905. The molecule has 0 aliphatic rings. The fourth-order valence-electron chi connectivity index (χ4n) is 1.92. The highest BCUT2D eigenvalue weighted by molar-refractivity contribution is 5.91. The Bertz CT molecular complexity index is 632. The van der Waals surface area contributed by atoms with E-state index in [1.807, 2.05) is 26.0 Å². The molecule has 0 atom stereocenters. The van der Waals surface area contributed by atoms with Gasteiger partial charge in [-0.2, -0.15) is 0 Å². The molecule has 0 bridgehead atoms. The van der Waals surface area contributed by atoms with Crippen molar-refractivity contribution in [1.82, 2.24) is 0 Å². The van der Waals surface area contributed by atoms with Crippen LogP contribution in [0.2, 0.25) is 0 Å². The predicted molar refractivity (Wildman–Crippen MR) is 84.7 cm³/mol. The van der Waals surface area contributed by atoms with E-state index in [4.69, 9.17) is 14.2 Å². The minimum Gasteiger partial charge on any atom is -0.491 e. The van der Waals surface area contributed by atoms with Crippen molar-refractivity contribution in [3.8, 4) is 11.5 Å². The van der Waals surface area contributed by atoms with E-state index >= 15 is 0 Å². The van der Waals surface area contributed by atoms with Crippen molar-refractivity contribution in [2.45, 2.75) is 13.8 Å². The van der Waals surface area contributed by atoms with Gasteiger partial charge >= 0.3 is 5.97 Å². The van der Waals surface area contributed by atoms with E-state index in [0.717, 1.165) is 11.1 Å². The Kier molecular flexibility index (Phi) is 5.55. The molecule has 4 nitrogen and oxygen atoms in total. The van der Waals surface area contributed by atoms with Crippen LogP contribution in [0.25, 0.3) is 0 Å². The van der Waals surface area contributed by atoms with E-state index in [2.05, 4.69) is 0 Å². The maximum atomic E-state index is 12.2. The van der Waals surface area contributed by atoms with Crippen LogP contribution in [0, 0.1) is 13.8 Å². The van der Waals surface area contributed by atoms with Gasteiger partial charge < -0.3 is 14.2 Å². The maximum Gasteiger partial charge on any atom is 0.343 e. The van der Waals surface area contributed by atoms with Crippen LogP contribution in [-0.2, 0) is 4.74 Å². The fourth-order valence-corrected chi connectivity index (χ4v) is 1.92. The number of hydrogen-bond donors (Lipinski definition) is 0. The average molecular weight is 300 g/mol. The maximum absolute atomic E-state index is 12.2. The molecule has 0 amide bonds. The summed E-state index contributed by atoms with van der Waals surface area (Å²) in [7, 11) is 1.62. The highest BCUT2D eigenvalue weighted by Gasteiger charge is 2.11. The molecule has 0 aliphatic carbocycles. The van der Waals surface area contributed by atoms with Gasteiger partial charge in [0.1, 0.15) is 18.1 Å². The quantitative estimate of drug-likeness (QED) is 0.465. The second kappa shape index (κ2) is 7.61. The molecule has 2 aromatic carbocycles. The number of methoxy groups -OCH3 is 1. The summed E-state index contributed by atoms with van der Waals surface area (Å²) in [6.07, 6.45) is 0. The van der Waals surface area contributed by atoms with Crippen LogP contribution in [0.3, 0.4) is 0 Å². The van der Waals surface area contributed by atoms with Gasteiger partial charge in [-0.05, 0) is 55.3 Å². The van der Waals surface area contributed by atoms with Crippen LogP contribution < -0.4 is 9.47 Å². The van der Waals surface area contributed by atoms with Crippen molar-refractivity contribution in [3.05, 3.63) is 59.2 Å². The number of rotatable bonds is 6. The number of aryl methyl sites for hydroxylation is 1. The van der Waals surface area contributed by atoms with Gasteiger partial charge in [0.15, 0.2) is 0 Å². The zero-order valence-corrected chi connectivity index (χ0v) is 13.1. The molecular weight excluding hydrogens is 280 g/mol. The molecule has 0 saturated carbocycles. The third-order valence-electron chi connectivity index (χ3n) is 3.40. The van der Waals surface area contributed by atoms with Crippen LogP contribution in [-0.4, -0.2) is 26.3 Å². The van der Waals surface area contributed by atoms with Crippen molar-refractivity contribution in [2.75, 3.05) is 20.3 Å². The van der Waals surface area contributed by atoms with E-state index in [9.17, 15) is 4.79 Å². The summed E-state index contributed by atoms with van der Waals surface area (Å²) in [5, 5.41) is 0. The number of esters is 1. The monoisotopic (exact) mass is 300 g/mol. The zero-order chi connectivity index (χ0) is 15.9. The number of carbonyl (C=O) groups excluding carboxylic acids is 1. The van der Waals surface area contributed by atoms with Gasteiger partial charge in [-0.25, -0.2) is 4.79 Å². The first-order valence-corrected chi connectivity index (χ1v) is 7.12. The van der Waals surface area contributed by atoms with E-state index in [0.29, 0.717) is 30.3 Å². The molecule has 116 valence electrons. The van der Waals surface area contributed by atoms with Crippen molar-refractivity contribution >= 4 is 5.97 Å². The summed E-state index contributed by atoms with van der Waals surface area (Å²) in [6.45, 7) is 4.92. The second-order valence-corrected chi connectivity index (χ2v) is 4.95. The van der Waals surface area contributed by atoms with Gasteiger partial charge in [0.05, 0.1) is 12.2 Å². The van der Waals surface area contributed by atoms with Gasteiger partial charge in [0.2, 0.25) is 0 Å². The summed E-state index contributed by atoms with van der Waals surface area (Å²) >= 11 is 0. The highest BCUT2D eigenvalue weighted by atomic mass is 16.5. The van der Waals surface area contributed by atoms with Crippen LogP contribution >= 0.6 is 0 Å². The van der Waals surface area contributed by atoms with Crippen molar-refractivity contribution < 1.29 is 19.0 Å². The first-order chi connectivity index (χ1) is 10.6. The summed E-state index contributed by atoms with van der Waals surface area (Å²) in [5.41, 5.74) is 2.54. The lowest BCUT2D eigenvalue weighted by atomic mass is 10.1. The van der Waals surface area contributed by atoms with E-state index in [-0.39, 0.29) is 5.97 Å². The van der Waals surface area contributed by atoms with Crippen LogP contribution in [0.5, 0.6) is 11.5 Å². The van der Waals surface area contributed by atoms with Gasteiger partial charge in [-0.15, -0.1) is 0 Å². The van der Waals surface area contributed by atoms with E-state index in [1.54, 1.807) is 37.4 Å². The molecule has 0 aliphatic heterocycles. The molecular formula is C18H20O4. The second-order valence-electron chi connectivity index (χ2n) is 4.95. The summed E-state index contributed by atoms with van der Waals surface area (Å²) < 4.78 is 15.8. The van der Waals surface area contributed by atoms with E-state index in [1.165, 1.54) is 0 Å². The minimum atomic E-state index is -0.378. The zero-order valence-electron chi connectivity index (χ0n) is 13.1. The summed E-state index contributed by atoms with van der Waals surface area (Å²) in [6, 6.07) is 12.5. The van der Waals surface area contributed by atoms with Gasteiger partial charge in [-0.3, -0.25) is 0 Å². The standard InChI is InChI=1S/C18H20O4/c1-13-5-4-6-17(14(13)2)22-18(19)15-7-9-16(10-8-15)21-12-11-20-3/h4-10H,11-12H2,1-3H3. The molecule has 0 fully saturated rings. The fraction of sp³-hybridized carbons (Fsp3) is 0.278. The summed E-state index contributed by atoms with van der Waals surface area (Å²) in [4.78, 5) is 12.2. The molecule has 2 aromatic rings. The third-order valence-corrected chi connectivity index (χ3v) is 3.40. The van der Waals surface area contributed by atoms with Gasteiger partial charge in [0, 0.05) is 7.11 Å². The molecule has 0 aromatic heterocycles. The van der Waals surface area contributed by atoms with E-state index < -0.39 is 0 Å². The highest BCUT2D eigenvalue weighted by Crippen LogP contribution is 2.22. The first-order valence-electron chi connectivity index (χ1n) is 7.12. The topological polar surface area (TPSA) is 44.8 Å². The van der Waals surface area contributed by atoms with Crippen molar-refractivity contribution in [2.24, 2.45) is 0 Å². The Morgan fingerprint density at radius 3 is 2.41 bits per heavy atom. The Labute approximate surface area is 130 Å². The molecule has 2 rings (SSSR count). The number of hydrogen-bond acceptors (Lipinski definition) is 4. The molecule has 0 N–H and O–H groups in total. The molecule has 0 unspecified atom stereocenters. The van der Waals surface area contributed by atoms with Crippen LogP contribution in [0.15, 0.2) is 42.5 Å². The SMILES string of the molecule is COCCOc1ccc(C(=O)Oc2cccc(C)c2C)cc1. The normalized spacial score (nSPS) is 10.3. The van der Waals surface area contributed by atoms with Crippen LogP contribution in [0.4, 0.5) is 0 Å². The molecule has 0 spiro atoms. The molecule has 0 radical (unpaired) electrons. The Hall–Kier alpha value is -2.33. The molecule has 4 heteroatoms. The first kappa shape index (κ1) is 16.0. The largest absolute Gasteiger partial charge is 0.491 e. The lowest BCUT2D eigenvalue weighted by Crippen LogP contribution is -2.10. The number of ether oxygens (including phenoxy) is 3. The van der Waals surface area contributed by atoms with Crippen molar-refractivity contribution in [1.29, 1.82) is 0 Å². The Morgan fingerprint density at radius 1 is 1.00 bits per heavy atom. The third kappa shape index (κ3) is 4.09. The average Bonchev–Trinajstić information content (AvgIpc) is 2.53.